The van der Waals surface area contributed by atoms with Crippen molar-refractivity contribution in [3.63, 3.8) is 0 Å². The summed E-state index contributed by atoms with van der Waals surface area (Å²) in [7, 11) is 3.80. The Kier molecular flexibility index (Phi) is 11.9. The number of hydrogen-bond acceptors (Lipinski definition) is 11. The molecule has 0 amide bonds. The molecule has 0 saturated carbocycles. The monoisotopic (exact) mass is 636 g/mol. The topological polar surface area (TPSA) is 131 Å². The summed E-state index contributed by atoms with van der Waals surface area (Å²) in [6.45, 7) is 5.40. The van der Waals surface area contributed by atoms with Gasteiger partial charge in [0.2, 0.25) is 0 Å². The number of carbonyl (C=O) groups excluding carboxylic acids is 2. The molecule has 4 heterocycles. The van der Waals surface area contributed by atoms with Gasteiger partial charge in [-0.15, -0.1) is 22.7 Å². The molecule has 0 atom stereocenters. The summed E-state index contributed by atoms with van der Waals surface area (Å²) in [6, 6.07) is 20.8. The van der Waals surface area contributed by atoms with Crippen LogP contribution in [0, 0.1) is 0 Å². The number of aliphatic hydroxyl groups is 1. The number of carbonyl (C=O) groups is 2. The number of rotatable bonds is 6. The maximum atomic E-state index is 11.8. The molecule has 0 radical (unpaired) electrons. The van der Waals surface area contributed by atoms with Crippen LogP contribution in [0.2, 0.25) is 0 Å². The fourth-order valence-corrected chi connectivity index (χ4v) is 7.86. The molecule has 0 fully saturated rings. The molecule has 2 aromatic heterocycles. The van der Waals surface area contributed by atoms with E-state index < -0.39 is 0 Å². The van der Waals surface area contributed by atoms with Crippen LogP contribution in [0.3, 0.4) is 0 Å². The van der Waals surface area contributed by atoms with E-state index in [0.717, 1.165) is 70.3 Å². The van der Waals surface area contributed by atoms with Crippen molar-refractivity contribution in [2.24, 2.45) is 0 Å². The van der Waals surface area contributed by atoms with E-state index in [9.17, 15) is 9.59 Å². The van der Waals surface area contributed by atoms with Crippen molar-refractivity contribution in [1.29, 1.82) is 0 Å². The molecule has 6 rings (SSSR count). The fraction of sp³-hybridized carbons (Fsp3) is 0.333. The molecule has 234 valence electrons. The summed E-state index contributed by atoms with van der Waals surface area (Å²) in [6.07, 6.45) is 1.70. The van der Waals surface area contributed by atoms with Crippen LogP contribution in [0.25, 0.3) is 0 Å². The third kappa shape index (κ3) is 7.85. The molecule has 2 aliphatic rings. The summed E-state index contributed by atoms with van der Waals surface area (Å²) in [4.78, 5) is 30.8. The van der Waals surface area contributed by atoms with Crippen molar-refractivity contribution in [2.75, 3.05) is 45.9 Å². The number of esters is 2. The van der Waals surface area contributed by atoms with E-state index in [-0.39, 0.29) is 11.9 Å². The first kappa shape index (κ1) is 33.2. The van der Waals surface area contributed by atoms with Crippen molar-refractivity contribution < 1.29 is 24.2 Å². The smallest absolute Gasteiger partial charge is 0.341 e. The average molecular weight is 637 g/mol. The van der Waals surface area contributed by atoms with Gasteiger partial charge in [-0.05, 0) is 35.1 Å². The summed E-state index contributed by atoms with van der Waals surface area (Å²) >= 11 is 3.02. The molecule has 4 aromatic rings. The molecule has 0 bridgehead atoms. The molecular weight excluding hydrogens is 597 g/mol. The number of nitrogens with two attached hydrogens (primary N) is 2. The molecule has 11 heteroatoms. The van der Waals surface area contributed by atoms with Gasteiger partial charge in [0.25, 0.3) is 0 Å². The Morgan fingerprint density at radius 2 is 1.07 bits per heavy atom. The van der Waals surface area contributed by atoms with Gasteiger partial charge in [-0.25, -0.2) is 9.59 Å². The van der Waals surface area contributed by atoms with Crippen LogP contribution in [0.4, 0.5) is 10.0 Å². The van der Waals surface area contributed by atoms with E-state index in [4.69, 9.17) is 26.0 Å². The van der Waals surface area contributed by atoms with E-state index >= 15 is 0 Å². The second-order valence-corrected chi connectivity index (χ2v) is 12.6. The Bertz CT molecular complexity index is 1420. The molecule has 2 aliphatic heterocycles. The average Bonchev–Trinajstić information content (AvgIpc) is 3.56. The second kappa shape index (κ2) is 15.8. The van der Waals surface area contributed by atoms with Gasteiger partial charge in [-0.2, -0.15) is 0 Å². The first-order valence-electron chi connectivity index (χ1n) is 14.3. The van der Waals surface area contributed by atoms with E-state index in [1.54, 1.807) is 0 Å². The summed E-state index contributed by atoms with van der Waals surface area (Å²) in [5.74, 6) is -0.636. The number of nitrogen functional groups attached to an aromatic ring is 2. The zero-order valence-corrected chi connectivity index (χ0v) is 27.0. The third-order valence-corrected chi connectivity index (χ3v) is 9.70. The second-order valence-electron chi connectivity index (χ2n) is 10.4. The van der Waals surface area contributed by atoms with Crippen LogP contribution >= 0.6 is 22.7 Å². The molecule has 2 aromatic carbocycles. The van der Waals surface area contributed by atoms with Gasteiger partial charge in [0.15, 0.2) is 0 Å². The van der Waals surface area contributed by atoms with E-state index in [1.165, 1.54) is 57.8 Å². The molecule has 0 spiro atoms. The van der Waals surface area contributed by atoms with Gasteiger partial charge < -0.3 is 26.0 Å². The Morgan fingerprint density at radius 1 is 0.705 bits per heavy atom. The molecule has 9 nitrogen and oxygen atoms in total. The van der Waals surface area contributed by atoms with Crippen LogP contribution < -0.4 is 11.5 Å². The SMILES string of the molecule is CO.COC(=O)c1c(N)sc2c1CCN(Cc1ccccc1)C2.COC(=O)c1c(N)sc2c1CCN(Cc1ccccc1)C2. The molecular formula is C33H40N4O5S2. The van der Waals surface area contributed by atoms with Crippen molar-refractivity contribution in [3.05, 3.63) is 104 Å². The Balaban J connectivity index is 0.000000190. The van der Waals surface area contributed by atoms with Crippen LogP contribution in [0.1, 0.15) is 52.7 Å². The van der Waals surface area contributed by atoms with Gasteiger partial charge in [-0.1, -0.05) is 60.7 Å². The van der Waals surface area contributed by atoms with Crippen molar-refractivity contribution in [3.8, 4) is 0 Å². The first-order valence-corrected chi connectivity index (χ1v) is 15.9. The Labute approximate surface area is 266 Å². The number of thiophene rings is 2. The number of hydrogen-bond donors (Lipinski definition) is 3. The lowest BCUT2D eigenvalue weighted by atomic mass is 10.0. The minimum Gasteiger partial charge on any atom is -0.465 e. The number of fused-ring (bicyclic) bond motifs is 2. The predicted octanol–water partition coefficient (Wildman–Crippen LogP) is 4.96. The third-order valence-electron chi connectivity index (χ3n) is 7.60. The van der Waals surface area contributed by atoms with Gasteiger partial charge in [0.05, 0.1) is 25.3 Å². The molecule has 5 N–H and O–H groups in total. The quantitative estimate of drug-likeness (QED) is 0.251. The van der Waals surface area contributed by atoms with Gasteiger partial charge in [0.1, 0.15) is 10.0 Å². The number of nitrogens with zero attached hydrogens (tertiary/aromatic N) is 2. The highest BCUT2D eigenvalue weighted by Gasteiger charge is 2.28. The lowest BCUT2D eigenvalue weighted by Crippen LogP contribution is -2.29. The van der Waals surface area contributed by atoms with Gasteiger partial charge in [-0.3, -0.25) is 9.80 Å². The van der Waals surface area contributed by atoms with Crippen molar-refractivity contribution >= 4 is 44.6 Å². The number of methoxy groups -OCH3 is 2. The number of ether oxygens (including phenoxy) is 2. The van der Waals surface area contributed by atoms with Crippen molar-refractivity contribution in [1.82, 2.24) is 9.80 Å². The van der Waals surface area contributed by atoms with Crippen LogP contribution in [-0.2, 0) is 48.5 Å². The largest absolute Gasteiger partial charge is 0.465 e. The minimum atomic E-state index is -0.318. The highest BCUT2D eigenvalue weighted by molar-refractivity contribution is 7.16. The van der Waals surface area contributed by atoms with Crippen LogP contribution in [0.5, 0.6) is 0 Å². The predicted molar refractivity (Wildman–Crippen MR) is 177 cm³/mol. The number of benzene rings is 2. The normalized spacial score (nSPS) is 14.2. The van der Waals surface area contributed by atoms with E-state index in [1.807, 2.05) is 12.1 Å². The highest BCUT2D eigenvalue weighted by Crippen LogP contribution is 2.37. The van der Waals surface area contributed by atoms with E-state index in [2.05, 4.69) is 58.3 Å². The summed E-state index contributed by atoms with van der Waals surface area (Å²) < 4.78 is 9.68. The van der Waals surface area contributed by atoms with E-state index in [0.29, 0.717) is 21.1 Å². The number of anilines is 2. The highest BCUT2D eigenvalue weighted by atomic mass is 32.1. The number of aliphatic hydroxyl groups excluding tert-OH is 1. The molecule has 0 aliphatic carbocycles. The molecule has 0 saturated heterocycles. The molecule has 0 unspecified atom stereocenters. The maximum Gasteiger partial charge on any atom is 0.341 e. The van der Waals surface area contributed by atoms with Gasteiger partial charge in [0, 0.05) is 56.1 Å². The van der Waals surface area contributed by atoms with Crippen LogP contribution in [-0.4, -0.2) is 61.3 Å². The first-order chi connectivity index (χ1) is 21.4. The minimum absolute atomic E-state index is 0.318. The summed E-state index contributed by atoms with van der Waals surface area (Å²) in [5, 5.41) is 8.15. The zero-order chi connectivity index (χ0) is 31.6. The fourth-order valence-electron chi connectivity index (χ4n) is 5.56. The van der Waals surface area contributed by atoms with Crippen LogP contribution in [0.15, 0.2) is 60.7 Å². The lowest BCUT2D eigenvalue weighted by molar-refractivity contribution is 0.0591. The summed E-state index contributed by atoms with van der Waals surface area (Å²) in [5.41, 5.74) is 17.9. The Hall–Kier alpha value is -3.74. The molecule has 44 heavy (non-hydrogen) atoms. The Morgan fingerprint density at radius 3 is 1.41 bits per heavy atom. The zero-order valence-electron chi connectivity index (χ0n) is 25.4. The lowest BCUT2D eigenvalue weighted by Gasteiger charge is -2.27. The standard InChI is InChI=1S/2C16H18N2O2S.CH4O/c2*1-20-16(19)14-12-7-8-18(10-13(12)21-15(14)17)9-11-5-3-2-4-6-11;1-2/h2*2-6H,7-10,17H2,1H3;2H,1H3. The maximum absolute atomic E-state index is 11.8. The van der Waals surface area contributed by atoms with Gasteiger partial charge >= 0.3 is 11.9 Å². The van der Waals surface area contributed by atoms with Crippen molar-refractivity contribution in [2.45, 2.75) is 39.0 Å².